The SMILES string of the molecule is CCCNC(c1cccnc1C)c1sccc1C. The van der Waals surface area contributed by atoms with Crippen molar-refractivity contribution in [3.63, 3.8) is 0 Å². The fourth-order valence-corrected chi connectivity index (χ4v) is 3.13. The Labute approximate surface area is 113 Å². The summed E-state index contributed by atoms with van der Waals surface area (Å²) < 4.78 is 0. The van der Waals surface area contributed by atoms with Crippen LogP contribution in [-0.2, 0) is 0 Å². The standard InChI is InChI=1S/C15H20N2S/c1-4-8-17-14(15-11(2)7-10-18-15)13-6-5-9-16-12(13)3/h5-7,9-10,14,17H,4,8H2,1-3H3. The summed E-state index contributed by atoms with van der Waals surface area (Å²) in [6.07, 6.45) is 3.00. The van der Waals surface area contributed by atoms with Gasteiger partial charge >= 0.3 is 0 Å². The first-order valence-electron chi connectivity index (χ1n) is 6.43. The van der Waals surface area contributed by atoms with Crippen molar-refractivity contribution in [2.45, 2.75) is 33.2 Å². The summed E-state index contributed by atoms with van der Waals surface area (Å²) in [4.78, 5) is 5.81. The lowest BCUT2D eigenvalue weighted by Gasteiger charge is -2.20. The van der Waals surface area contributed by atoms with Gasteiger partial charge in [-0.15, -0.1) is 11.3 Å². The summed E-state index contributed by atoms with van der Waals surface area (Å²) in [6.45, 7) is 7.48. The predicted molar refractivity (Wildman–Crippen MR) is 78.2 cm³/mol. The quantitative estimate of drug-likeness (QED) is 0.883. The molecule has 2 aromatic heterocycles. The van der Waals surface area contributed by atoms with Gasteiger partial charge < -0.3 is 5.32 Å². The molecular weight excluding hydrogens is 240 g/mol. The zero-order valence-corrected chi connectivity index (χ0v) is 12.1. The average Bonchev–Trinajstić information content (AvgIpc) is 2.78. The molecular formula is C15H20N2S. The highest BCUT2D eigenvalue weighted by Gasteiger charge is 2.18. The van der Waals surface area contributed by atoms with Gasteiger partial charge in [0, 0.05) is 16.8 Å². The monoisotopic (exact) mass is 260 g/mol. The van der Waals surface area contributed by atoms with Gasteiger partial charge in [-0.25, -0.2) is 0 Å². The van der Waals surface area contributed by atoms with E-state index in [0.717, 1.165) is 18.7 Å². The third-order valence-electron chi connectivity index (χ3n) is 3.12. The van der Waals surface area contributed by atoms with Crippen LogP contribution in [0.5, 0.6) is 0 Å². The number of pyridine rings is 1. The van der Waals surface area contributed by atoms with Gasteiger partial charge in [-0.3, -0.25) is 4.98 Å². The molecule has 2 heterocycles. The van der Waals surface area contributed by atoms with E-state index >= 15 is 0 Å². The van der Waals surface area contributed by atoms with E-state index in [1.807, 2.05) is 23.6 Å². The lowest BCUT2D eigenvalue weighted by Crippen LogP contribution is -2.24. The Hall–Kier alpha value is -1.19. The Bertz CT molecular complexity index is 505. The lowest BCUT2D eigenvalue weighted by molar-refractivity contribution is 0.599. The molecule has 0 amide bonds. The molecule has 1 N–H and O–H groups in total. The van der Waals surface area contributed by atoms with Crippen LogP contribution in [0.15, 0.2) is 29.8 Å². The second-order valence-electron chi connectivity index (χ2n) is 4.53. The van der Waals surface area contributed by atoms with E-state index in [2.05, 4.69) is 48.6 Å². The molecule has 0 radical (unpaired) electrons. The molecule has 0 saturated heterocycles. The van der Waals surface area contributed by atoms with Gasteiger partial charge in [-0.1, -0.05) is 13.0 Å². The fraction of sp³-hybridized carbons (Fsp3) is 0.400. The summed E-state index contributed by atoms with van der Waals surface area (Å²) >= 11 is 1.82. The molecule has 0 aromatic carbocycles. The van der Waals surface area contributed by atoms with Crippen molar-refractivity contribution in [2.24, 2.45) is 0 Å². The Morgan fingerprint density at radius 2 is 2.17 bits per heavy atom. The van der Waals surface area contributed by atoms with E-state index < -0.39 is 0 Å². The average molecular weight is 260 g/mol. The van der Waals surface area contributed by atoms with Crippen molar-refractivity contribution in [3.05, 3.63) is 51.5 Å². The van der Waals surface area contributed by atoms with Gasteiger partial charge in [0.1, 0.15) is 0 Å². The summed E-state index contributed by atoms with van der Waals surface area (Å²) in [5.41, 5.74) is 3.76. The molecule has 2 rings (SSSR count). The van der Waals surface area contributed by atoms with E-state index in [-0.39, 0.29) is 6.04 Å². The number of thiophene rings is 1. The number of rotatable bonds is 5. The number of nitrogens with zero attached hydrogens (tertiary/aromatic N) is 1. The molecule has 1 atom stereocenters. The van der Waals surface area contributed by atoms with E-state index in [9.17, 15) is 0 Å². The number of hydrogen-bond donors (Lipinski definition) is 1. The predicted octanol–water partition coefficient (Wildman–Crippen LogP) is 3.85. The van der Waals surface area contributed by atoms with E-state index in [1.165, 1.54) is 16.0 Å². The Balaban J connectivity index is 2.37. The van der Waals surface area contributed by atoms with Gasteiger partial charge in [-0.05, 0) is 55.5 Å². The van der Waals surface area contributed by atoms with Crippen molar-refractivity contribution in [3.8, 4) is 0 Å². The molecule has 0 bridgehead atoms. The van der Waals surface area contributed by atoms with Crippen LogP contribution in [0.1, 0.15) is 41.1 Å². The fourth-order valence-electron chi connectivity index (χ4n) is 2.11. The molecule has 96 valence electrons. The highest BCUT2D eigenvalue weighted by Crippen LogP contribution is 2.30. The summed E-state index contributed by atoms with van der Waals surface area (Å²) in [7, 11) is 0. The van der Waals surface area contributed by atoms with Crippen LogP contribution >= 0.6 is 11.3 Å². The molecule has 2 nitrogen and oxygen atoms in total. The molecule has 0 aliphatic heterocycles. The smallest absolute Gasteiger partial charge is 0.0691 e. The van der Waals surface area contributed by atoms with Crippen LogP contribution in [0, 0.1) is 13.8 Å². The van der Waals surface area contributed by atoms with Gasteiger partial charge in [0.2, 0.25) is 0 Å². The van der Waals surface area contributed by atoms with Crippen molar-refractivity contribution in [2.75, 3.05) is 6.54 Å². The zero-order chi connectivity index (χ0) is 13.0. The minimum absolute atomic E-state index is 0.277. The van der Waals surface area contributed by atoms with E-state index in [4.69, 9.17) is 0 Å². The van der Waals surface area contributed by atoms with Crippen LogP contribution in [-0.4, -0.2) is 11.5 Å². The van der Waals surface area contributed by atoms with Crippen molar-refractivity contribution >= 4 is 11.3 Å². The highest BCUT2D eigenvalue weighted by molar-refractivity contribution is 7.10. The molecule has 0 spiro atoms. The second-order valence-corrected chi connectivity index (χ2v) is 5.48. The van der Waals surface area contributed by atoms with Crippen molar-refractivity contribution in [1.29, 1.82) is 0 Å². The summed E-state index contributed by atoms with van der Waals surface area (Å²) in [6, 6.07) is 6.66. The second kappa shape index (κ2) is 6.12. The van der Waals surface area contributed by atoms with Crippen LogP contribution in [0.4, 0.5) is 0 Å². The Kier molecular flexibility index (Phi) is 4.50. The molecule has 18 heavy (non-hydrogen) atoms. The normalized spacial score (nSPS) is 12.6. The van der Waals surface area contributed by atoms with Gasteiger partial charge in [0.05, 0.1) is 6.04 Å². The molecule has 1 unspecified atom stereocenters. The zero-order valence-electron chi connectivity index (χ0n) is 11.2. The highest BCUT2D eigenvalue weighted by atomic mass is 32.1. The first-order valence-corrected chi connectivity index (χ1v) is 7.31. The third kappa shape index (κ3) is 2.79. The largest absolute Gasteiger partial charge is 0.306 e. The minimum atomic E-state index is 0.277. The Morgan fingerprint density at radius 1 is 1.33 bits per heavy atom. The van der Waals surface area contributed by atoms with Crippen LogP contribution < -0.4 is 5.32 Å². The van der Waals surface area contributed by atoms with Crippen LogP contribution in [0.3, 0.4) is 0 Å². The third-order valence-corrected chi connectivity index (χ3v) is 4.20. The summed E-state index contributed by atoms with van der Waals surface area (Å²) in [5.74, 6) is 0. The molecule has 0 aliphatic carbocycles. The topological polar surface area (TPSA) is 24.9 Å². The molecule has 3 heteroatoms. The minimum Gasteiger partial charge on any atom is -0.306 e. The first kappa shape index (κ1) is 13.2. The van der Waals surface area contributed by atoms with Crippen molar-refractivity contribution in [1.82, 2.24) is 10.3 Å². The Morgan fingerprint density at radius 3 is 2.78 bits per heavy atom. The maximum Gasteiger partial charge on any atom is 0.0691 e. The maximum atomic E-state index is 4.41. The van der Waals surface area contributed by atoms with Gasteiger partial charge in [-0.2, -0.15) is 0 Å². The molecule has 0 fully saturated rings. The number of hydrogen-bond acceptors (Lipinski definition) is 3. The van der Waals surface area contributed by atoms with Crippen molar-refractivity contribution < 1.29 is 0 Å². The first-order chi connectivity index (χ1) is 8.74. The maximum absolute atomic E-state index is 4.41. The summed E-state index contributed by atoms with van der Waals surface area (Å²) in [5, 5.41) is 5.80. The van der Waals surface area contributed by atoms with Crippen LogP contribution in [0.2, 0.25) is 0 Å². The van der Waals surface area contributed by atoms with Gasteiger partial charge in [0.15, 0.2) is 0 Å². The molecule has 0 saturated carbocycles. The van der Waals surface area contributed by atoms with Gasteiger partial charge in [0.25, 0.3) is 0 Å². The molecule has 0 aliphatic rings. The van der Waals surface area contributed by atoms with E-state index in [1.54, 1.807) is 0 Å². The molecule has 2 aromatic rings. The number of aryl methyl sites for hydroxylation is 2. The number of aromatic nitrogens is 1. The lowest BCUT2D eigenvalue weighted by atomic mass is 10.0. The van der Waals surface area contributed by atoms with Crippen LogP contribution in [0.25, 0.3) is 0 Å². The number of nitrogens with one attached hydrogen (secondary N) is 1. The van der Waals surface area contributed by atoms with E-state index in [0.29, 0.717) is 0 Å².